The van der Waals surface area contributed by atoms with E-state index >= 15 is 0 Å². The van der Waals surface area contributed by atoms with Gasteiger partial charge in [0.25, 0.3) is 0 Å². The van der Waals surface area contributed by atoms with Crippen molar-refractivity contribution in [3.05, 3.63) is 18.3 Å². The van der Waals surface area contributed by atoms with E-state index in [0.717, 1.165) is 24.5 Å². The summed E-state index contributed by atoms with van der Waals surface area (Å²) in [4.78, 5) is 15.9. The summed E-state index contributed by atoms with van der Waals surface area (Å²) in [5.41, 5.74) is 0.683. The molecule has 0 radical (unpaired) electrons. The fourth-order valence-electron chi connectivity index (χ4n) is 1.54. The molecule has 0 unspecified atom stereocenters. The first-order chi connectivity index (χ1) is 8.90. The van der Waals surface area contributed by atoms with Crippen LogP contribution in [0.5, 0.6) is 0 Å². The zero-order chi connectivity index (χ0) is 14.3. The topological polar surface area (TPSA) is 66.0 Å². The summed E-state index contributed by atoms with van der Waals surface area (Å²) in [6.45, 7) is 9.14. The molecule has 0 bridgehead atoms. The first-order valence-corrected chi connectivity index (χ1v) is 6.65. The van der Waals surface area contributed by atoms with Crippen LogP contribution in [0.1, 0.15) is 34.1 Å². The number of rotatable bonds is 6. The molecule has 0 aromatic carbocycles. The van der Waals surface area contributed by atoms with Gasteiger partial charge in [0.15, 0.2) is 0 Å². The van der Waals surface area contributed by atoms with Gasteiger partial charge in [-0.3, -0.25) is 4.79 Å². The van der Waals surface area contributed by atoms with E-state index in [1.807, 2.05) is 32.9 Å². The molecule has 3 N–H and O–H groups in total. The molecule has 1 rings (SSSR count). The lowest BCUT2D eigenvalue weighted by molar-refractivity contribution is -0.120. The smallest absolute Gasteiger partial charge is 0.239 e. The maximum absolute atomic E-state index is 11.7. The lowest BCUT2D eigenvalue weighted by Crippen LogP contribution is -2.43. The second-order valence-electron chi connectivity index (χ2n) is 5.51. The highest BCUT2D eigenvalue weighted by Gasteiger charge is 2.13. The summed E-state index contributed by atoms with van der Waals surface area (Å²) in [7, 11) is 0. The summed E-state index contributed by atoms with van der Waals surface area (Å²) in [6.07, 6.45) is 2.77. The quantitative estimate of drug-likeness (QED) is 0.737. The predicted octanol–water partition coefficient (Wildman–Crippen LogP) is 2.23. The Morgan fingerprint density at radius 1 is 1.32 bits per heavy atom. The van der Waals surface area contributed by atoms with Crippen molar-refractivity contribution in [2.24, 2.45) is 0 Å². The minimum atomic E-state index is -0.204. The van der Waals surface area contributed by atoms with Gasteiger partial charge in [-0.15, -0.1) is 0 Å². The highest BCUT2D eigenvalue weighted by Crippen LogP contribution is 2.11. The lowest BCUT2D eigenvalue weighted by Gasteiger charge is -2.20. The molecule has 19 heavy (non-hydrogen) atoms. The molecule has 0 spiro atoms. The van der Waals surface area contributed by atoms with Crippen LogP contribution < -0.4 is 16.0 Å². The zero-order valence-corrected chi connectivity index (χ0v) is 12.2. The largest absolute Gasteiger partial charge is 0.376 e. The number of carbonyl (C=O) groups is 1. The fourth-order valence-corrected chi connectivity index (χ4v) is 1.54. The van der Waals surface area contributed by atoms with Gasteiger partial charge in [-0.05, 0) is 33.3 Å². The molecule has 0 atom stereocenters. The van der Waals surface area contributed by atoms with Crippen LogP contribution in [0.25, 0.3) is 0 Å². The molecule has 0 saturated heterocycles. The van der Waals surface area contributed by atoms with Crippen molar-refractivity contribution >= 4 is 17.4 Å². The van der Waals surface area contributed by atoms with E-state index in [0.29, 0.717) is 0 Å². The normalized spacial score (nSPS) is 10.9. The van der Waals surface area contributed by atoms with E-state index in [4.69, 9.17) is 0 Å². The molecular formula is C14H24N4O. The van der Waals surface area contributed by atoms with Gasteiger partial charge in [0, 0.05) is 30.0 Å². The second-order valence-corrected chi connectivity index (χ2v) is 5.51. The molecule has 106 valence electrons. The minimum Gasteiger partial charge on any atom is -0.376 e. The predicted molar refractivity (Wildman–Crippen MR) is 79.4 cm³/mol. The van der Waals surface area contributed by atoms with Crippen LogP contribution in [0.4, 0.5) is 11.5 Å². The molecule has 0 aliphatic rings. The highest BCUT2D eigenvalue weighted by molar-refractivity contribution is 5.81. The third-order valence-electron chi connectivity index (χ3n) is 2.28. The van der Waals surface area contributed by atoms with Crippen LogP contribution in [0.3, 0.4) is 0 Å². The van der Waals surface area contributed by atoms with Gasteiger partial charge in [-0.25, -0.2) is 4.98 Å². The number of nitrogens with one attached hydrogen (secondary N) is 3. The molecule has 5 heteroatoms. The Kier molecular flexibility index (Phi) is 5.60. The van der Waals surface area contributed by atoms with Crippen molar-refractivity contribution in [1.29, 1.82) is 0 Å². The summed E-state index contributed by atoms with van der Waals surface area (Å²) < 4.78 is 0. The third-order valence-corrected chi connectivity index (χ3v) is 2.28. The summed E-state index contributed by atoms with van der Waals surface area (Å²) in [5.74, 6) is 0.801. The number of nitrogens with zero attached hydrogens (tertiary/aromatic N) is 1. The van der Waals surface area contributed by atoms with Crippen LogP contribution in [0.15, 0.2) is 18.3 Å². The van der Waals surface area contributed by atoms with Crippen LogP contribution in [-0.4, -0.2) is 29.5 Å². The molecule has 0 saturated carbocycles. The van der Waals surface area contributed by atoms with Crippen LogP contribution >= 0.6 is 0 Å². The number of hydrogen-bond donors (Lipinski definition) is 3. The van der Waals surface area contributed by atoms with Gasteiger partial charge >= 0.3 is 0 Å². The maximum Gasteiger partial charge on any atom is 0.239 e. The average Bonchev–Trinajstić information content (AvgIpc) is 2.32. The molecule has 1 amide bonds. The lowest BCUT2D eigenvalue weighted by atomic mass is 10.1. The molecule has 1 aromatic rings. The Morgan fingerprint density at radius 2 is 2.05 bits per heavy atom. The van der Waals surface area contributed by atoms with Crippen molar-refractivity contribution in [2.75, 3.05) is 23.7 Å². The van der Waals surface area contributed by atoms with E-state index < -0.39 is 0 Å². The highest BCUT2D eigenvalue weighted by atomic mass is 16.2. The third kappa shape index (κ3) is 6.64. The molecule has 0 aliphatic heterocycles. The molecule has 1 heterocycles. The van der Waals surface area contributed by atoms with Gasteiger partial charge in [0.1, 0.15) is 5.82 Å². The van der Waals surface area contributed by atoms with Gasteiger partial charge in [0.05, 0.1) is 6.54 Å². The van der Waals surface area contributed by atoms with Gasteiger partial charge < -0.3 is 16.0 Å². The SMILES string of the molecule is CCCNc1cc(NCC(=O)NC(C)(C)C)ccn1. The van der Waals surface area contributed by atoms with Gasteiger partial charge in [-0.1, -0.05) is 6.92 Å². The van der Waals surface area contributed by atoms with Crippen molar-refractivity contribution in [3.8, 4) is 0 Å². The Balaban J connectivity index is 2.46. The van der Waals surface area contributed by atoms with E-state index in [2.05, 4.69) is 27.9 Å². The van der Waals surface area contributed by atoms with E-state index in [-0.39, 0.29) is 18.0 Å². The van der Waals surface area contributed by atoms with Gasteiger partial charge in [-0.2, -0.15) is 0 Å². The second kappa shape index (κ2) is 6.97. The Morgan fingerprint density at radius 3 is 2.68 bits per heavy atom. The van der Waals surface area contributed by atoms with E-state index in [1.165, 1.54) is 0 Å². The standard InChI is InChI=1S/C14H24N4O/c1-5-7-15-12-9-11(6-8-16-12)17-10-13(19)18-14(2,3)4/h6,8-9H,5,7,10H2,1-4H3,(H,18,19)(H2,15,16,17). The Bertz CT molecular complexity index is 412. The number of amides is 1. The first-order valence-electron chi connectivity index (χ1n) is 6.65. The number of anilines is 2. The van der Waals surface area contributed by atoms with E-state index in [1.54, 1.807) is 6.20 Å². The maximum atomic E-state index is 11.7. The van der Waals surface area contributed by atoms with Crippen LogP contribution in [-0.2, 0) is 4.79 Å². The Hall–Kier alpha value is -1.78. The van der Waals surface area contributed by atoms with Crippen molar-refractivity contribution < 1.29 is 4.79 Å². The van der Waals surface area contributed by atoms with Crippen molar-refractivity contribution in [2.45, 2.75) is 39.7 Å². The Labute approximate surface area is 115 Å². The number of carbonyl (C=O) groups excluding carboxylic acids is 1. The molecule has 0 aliphatic carbocycles. The molecule has 5 nitrogen and oxygen atoms in total. The number of aromatic nitrogens is 1. The molecule has 0 fully saturated rings. The molecular weight excluding hydrogens is 240 g/mol. The summed E-state index contributed by atoms with van der Waals surface area (Å²) in [5, 5.41) is 9.21. The van der Waals surface area contributed by atoms with Crippen LogP contribution in [0, 0.1) is 0 Å². The fraction of sp³-hybridized carbons (Fsp3) is 0.571. The van der Waals surface area contributed by atoms with E-state index in [9.17, 15) is 4.79 Å². The number of hydrogen-bond acceptors (Lipinski definition) is 4. The number of pyridine rings is 1. The summed E-state index contributed by atoms with van der Waals surface area (Å²) in [6, 6.07) is 3.75. The van der Waals surface area contributed by atoms with Gasteiger partial charge in [0.2, 0.25) is 5.91 Å². The minimum absolute atomic E-state index is 0.0209. The van der Waals surface area contributed by atoms with Crippen LogP contribution in [0.2, 0.25) is 0 Å². The average molecular weight is 264 g/mol. The summed E-state index contributed by atoms with van der Waals surface area (Å²) >= 11 is 0. The van der Waals surface area contributed by atoms with Crippen molar-refractivity contribution in [3.63, 3.8) is 0 Å². The van der Waals surface area contributed by atoms with Crippen molar-refractivity contribution in [1.82, 2.24) is 10.3 Å². The monoisotopic (exact) mass is 264 g/mol. The first kappa shape index (κ1) is 15.3. The zero-order valence-electron chi connectivity index (χ0n) is 12.2. The molecule has 1 aromatic heterocycles.